The normalized spacial score (nSPS) is 16.1. The summed E-state index contributed by atoms with van der Waals surface area (Å²) in [6.45, 7) is 10.8. The van der Waals surface area contributed by atoms with Gasteiger partial charge in [-0.1, -0.05) is 50.8 Å². The van der Waals surface area contributed by atoms with E-state index in [0.29, 0.717) is 13.0 Å². The van der Waals surface area contributed by atoms with E-state index < -0.39 is 36.3 Å². The van der Waals surface area contributed by atoms with Crippen LogP contribution in [0.2, 0.25) is 0 Å². The molecule has 3 N–H and O–H groups in total. The molecule has 1 fully saturated rings. The molecule has 3 amide bonds. The second-order valence-electron chi connectivity index (χ2n) is 10.8. The van der Waals surface area contributed by atoms with Gasteiger partial charge in [0.2, 0.25) is 11.8 Å². The highest BCUT2D eigenvalue weighted by atomic mass is 16.6. The zero-order chi connectivity index (χ0) is 26.9. The van der Waals surface area contributed by atoms with E-state index in [1.165, 1.54) is 11.3 Å². The van der Waals surface area contributed by atoms with Crippen molar-refractivity contribution in [2.45, 2.75) is 110 Å². The fourth-order valence-corrected chi connectivity index (χ4v) is 4.74. The number of carbonyl (C=O) groups is 3. The van der Waals surface area contributed by atoms with Crippen LogP contribution in [0, 0.1) is 13.8 Å². The summed E-state index contributed by atoms with van der Waals surface area (Å²) in [5.41, 5.74) is 1.85. The lowest BCUT2D eigenvalue weighted by molar-refractivity contribution is -0.143. The third-order valence-electron chi connectivity index (χ3n) is 6.53. The lowest BCUT2D eigenvalue weighted by atomic mass is 9.91. The summed E-state index contributed by atoms with van der Waals surface area (Å²) in [4.78, 5) is 41.6. The van der Waals surface area contributed by atoms with Gasteiger partial charge < -0.3 is 25.4 Å². The number of aliphatic hydroxyl groups excluding tert-OH is 1. The number of hydrogen-bond acceptors (Lipinski definition) is 5. The molecule has 1 saturated carbocycles. The summed E-state index contributed by atoms with van der Waals surface area (Å²) >= 11 is 0. The minimum atomic E-state index is -1.23. The highest BCUT2D eigenvalue weighted by Crippen LogP contribution is 2.30. The van der Waals surface area contributed by atoms with Gasteiger partial charge in [0.1, 0.15) is 17.7 Å². The molecule has 1 aromatic carbocycles. The lowest BCUT2D eigenvalue weighted by Crippen LogP contribution is -2.55. The van der Waals surface area contributed by atoms with Crippen LogP contribution in [0.25, 0.3) is 0 Å². The standard InChI is InChI=1S/C28H45N3O5/c1-7-8-17-31(26(34)22(18-32)30-27(35)36-28(4,5)6)24(23-19(2)13-12-14-20(23)3)25(33)29-21-15-10-9-11-16-21/h12-14,21-22,24,32H,7-11,15-18H2,1-6H3,(H,29,33)(H,30,35). The van der Waals surface area contributed by atoms with Crippen LogP contribution < -0.4 is 10.6 Å². The lowest BCUT2D eigenvalue weighted by Gasteiger charge is -2.36. The number of ether oxygens (including phenoxy) is 1. The number of rotatable bonds is 10. The maximum absolute atomic E-state index is 13.9. The first-order chi connectivity index (χ1) is 17.0. The quantitative estimate of drug-likeness (QED) is 0.441. The van der Waals surface area contributed by atoms with E-state index in [2.05, 4.69) is 10.6 Å². The van der Waals surface area contributed by atoms with Crippen LogP contribution in [-0.2, 0) is 14.3 Å². The zero-order valence-electron chi connectivity index (χ0n) is 22.9. The number of nitrogens with zero attached hydrogens (tertiary/aromatic N) is 1. The zero-order valence-corrected chi connectivity index (χ0v) is 22.9. The van der Waals surface area contributed by atoms with E-state index >= 15 is 0 Å². The minimum Gasteiger partial charge on any atom is -0.444 e. The molecule has 8 nitrogen and oxygen atoms in total. The van der Waals surface area contributed by atoms with Crippen LogP contribution >= 0.6 is 0 Å². The Kier molecular flexibility index (Phi) is 11.2. The first-order valence-electron chi connectivity index (χ1n) is 13.3. The van der Waals surface area contributed by atoms with Crippen molar-refractivity contribution in [1.29, 1.82) is 0 Å². The molecule has 1 aliphatic carbocycles. The number of hydrogen-bond donors (Lipinski definition) is 3. The van der Waals surface area contributed by atoms with Crippen molar-refractivity contribution in [3.05, 3.63) is 34.9 Å². The maximum atomic E-state index is 13.9. The number of carbonyl (C=O) groups excluding carboxylic acids is 3. The number of aliphatic hydroxyl groups is 1. The highest BCUT2D eigenvalue weighted by Gasteiger charge is 2.37. The van der Waals surface area contributed by atoms with Crippen LogP contribution in [0.15, 0.2) is 18.2 Å². The van der Waals surface area contributed by atoms with Crippen molar-refractivity contribution in [3.63, 3.8) is 0 Å². The van der Waals surface area contributed by atoms with E-state index in [9.17, 15) is 19.5 Å². The van der Waals surface area contributed by atoms with Gasteiger partial charge in [-0.15, -0.1) is 0 Å². The van der Waals surface area contributed by atoms with Gasteiger partial charge in [-0.2, -0.15) is 0 Å². The Morgan fingerprint density at radius 3 is 2.25 bits per heavy atom. The summed E-state index contributed by atoms with van der Waals surface area (Å²) in [6.07, 6.45) is 5.86. The largest absolute Gasteiger partial charge is 0.444 e. The van der Waals surface area contributed by atoms with Gasteiger partial charge in [0.15, 0.2) is 0 Å². The monoisotopic (exact) mass is 503 g/mol. The van der Waals surface area contributed by atoms with Crippen molar-refractivity contribution in [1.82, 2.24) is 15.5 Å². The van der Waals surface area contributed by atoms with Gasteiger partial charge in [0.25, 0.3) is 0 Å². The molecule has 0 aliphatic heterocycles. The summed E-state index contributed by atoms with van der Waals surface area (Å²) in [6, 6.07) is 3.79. The highest BCUT2D eigenvalue weighted by molar-refractivity contribution is 5.92. The Balaban J connectivity index is 2.45. The third-order valence-corrected chi connectivity index (χ3v) is 6.53. The number of unbranched alkanes of at least 4 members (excludes halogenated alkanes) is 1. The summed E-state index contributed by atoms with van der Waals surface area (Å²) < 4.78 is 5.30. The molecule has 36 heavy (non-hydrogen) atoms. The summed E-state index contributed by atoms with van der Waals surface area (Å²) in [5, 5.41) is 15.8. The van der Waals surface area contributed by atoms with Crippen molar-refractivity contribution < 1.29 is 24.2 Å². The molecule has 2 atom stereocenters. The predicted octanol–water partition coefficient (Wildman–Crippen LogP) is 4.31. The van der Waals surface area contributed by atoms with Gasteiger partial charge in [-0.05, 0) is 70.6 Å². The van der Waals surface area contributed by atoms with Crippen molar-refractivity contribution in [3.8, 4) is 0 Å². The molecule has 1 aliphatic rings. The Labute approximate surface area is 216 Å². The van der Waals surface area contributed by atoms with Crippen LogP contribution in [0.3, 0.4) is 0 Å². The molecule has 2 unspecified atom stereocenters. The smallest absolute Gasteiger partial charge is 0.408 e. The maximum Gasteiger partial charge on any atom is 0.408 e. The van der Waals surface area contributed by atoms with Crippen LogP contribution in [0.5, 0.6) is 0 Å². The Morgan fingerprint density at radius 1 is 1.11 bits per heavy atom. The van der Waals surface area contributed by atoms with Gasteiger partial charge >= 0.3 is 6.09 Å². The van der Waals surface area contributed by atoms with E-state index in [-0.39, 0.29) is 11.9 Å². The van der Waals surface area contributed by atoms with Crippen molar-refractivity contribution in [2.24, 2.45) is 0 Å². The average Bonchev–Trinajstić information content (AvgIpc) is 2.80. The molecule has 0 spiro atoms. The fourth-order valence-electron chi connectivity index (χ4n) is 4.74. The van der Waals surface area contributed by atoms with E-state index in [1.54, 1.807) is 20.8 Å². The van der Waals surface area contributed by atoms with Crippen molar-refractivity contribution >= 4 is 17.9 Å². The average molecular weight is 504 g/mol. The topological polar surface area (TPSA) is 108 Å². The predicted molar refractivity (Wildman–Crippen MR) is 141 cm³/mol. The molecule has 2 rings (SSSR count). The van der Waals surface area contributed by atoms with E-state index in [4.69, 9.17) is 4.74 Å². The molecule has 0 aromatic heterocycles. The number of benzene rings is 1. The Morgan fingerprint density at radius 2 is 1.72 bits per heavy atom. The van der Waals surface area contributed by atoms with Crippen LogP contribution in [-0.4, -0.2) is 58.8 Å². The van der Waals surface area contributed by atoms with Gasteiger partial charge in [-0.25, -0.2) is 4.79 Å². The molecule has 0 bridgehead atoms. The molecule has 202 valence electrons. The molecule has 0 radical (unpaired) electrons. The molecule has 1 aromatic rings. The second kappa shape index (κ2) is 13.6. The number of alkyl carbamates (subject to hydrolysis) is 1. The van der Waals surface area contributed by atoms with E-state index in [0.717, 1.165) is 48.8 Å². The molecule has 0 saturated heterocycles. The fraction of sp³-hybridized carbons (Fsp3) is 0.679. The first-order valence-corrected chi connectivity index (χ1v) is 13.3. The Hall–Kier alpha value is -2.61. The van der Waals surface area contributed by atoms with Gasteiger partial charge in [-0.3, -0.25) is 9.59 Å². The summed E-state index contributed by atoms with van der Waals surface area (Å²) in [7, 11) is 0. The molecule has 8 heteroatoms. The van der Waals surface area contributed by atoms with Crippen LogP contribution in [0.1, 0.15) is 95.4 Å². The third kappa shape index (κ3) is 8.50. The minimum absolute atomic E-state index is 0.0785. The molecular weight excluding hydrogens is 458 g/mol. The van der Waals surface area contributed by atoms with E-state index in [1.807, 2.05) is 39.0 Å². The van der Waals surface area contributed by atoms with Gasteiger partial charge in [0.05, 0.1) is 6.61 Å². The number of nitrogens with one attached hydrogen (secondary N) is 2. The number of aryl methyl sites for hydroxylation is 2. The molecular formula is C28H45N3O5. The SMILES string of the molecule is CCCCN(C(=O)C(CO)NC(=O)OC(C)(C)C)C(C(=O)NC1CCCCC1)c1c(C)cccc1C. The second-order valence-corrected chi connectivity index (χ2v) is 10.8. The Bertz CT molecular complexity index is 869. The van der Waals surface area contributed by atoms with Gasteiger partial charge in [0, 0.05) is 12.6 Å². The van der Waals surface area contributed by atoms with Crippen molar-refractivity contribution in [2.75, 3.05) is 13.2 Å². The van der Waals surface area contributed by atoms with Crippen LogP contribution in [0.4, 0.5) is 4.79 Å². The molecule has 0 heterocycles. The number of amides is 3. The summed E-state index contributed by atoms with van der Waals surface area (Å²) in [5.74, 6) is -0.735. The first kappa shape index (κ1) is 29.6.